The van der Waals surface area contributed by atoms with E-state index in [4.69, 9.17) is 4.74 Å². The van der Waals surface area contributed by atoms with E-state index >= 15 is 0 Å². The van der Waals surface area contributed by atoms with Crippen molar-refractivity contribution in [3.05, 3.63) is 35.4 Å². The second-order valence-corrected chi connectivity index (χ2v) is 3.52. The van der Waals surface area contributed by atoms with Gasteiger partial charge in [-0.1, -0.05) is 24.3 Å². The van der Waals surface area contributed by atoms with E-state index in [9.17, 15) is 5.11 Å². The molecule has 0 amide bonds. The summed E-state index contributed by atoms with van der Waals surface area (Å²) in [5, 5.41) is 9.69. The molecule has 2 atom stereocenters. The summed E-state index contributed by atoms with van der Waals surface area (Å²) < 4.78 is 5.21. The molecule has 70 valence electrons. The molecule has 1 aromatic carbocycles. The van der Waals surface area contributed by atoms with Crippen molar-refractivity contribution in [2.45, 2.75) is 25.0 Å². The van der Waals surface area contributed by atoms with Crippen LogP contribution < -0.4 is 0 Å². The Hall–Kier alpha value is -0.860. The van der Waals surface area contributed by atoms with E-state index in [0.717, 1.165) is 6.42 Å². The summed E-state index contributed by atoms with van der Waals surface area (Å²) in [6.07, 6.45) is 1.16. The fourth-order valence-electron chi connectivity index (χ4n) is 1.91. The van der Waals surface area contributed by atoms with Gasteiger partial charge in [-0.25, -0.2) is 0 Å². The average molecular weight is 178 g/mol. The van der Waals surface area contributed by atoms with Crippen molar-refractivity contribution in [1.29, 1.82) is 0 Å². The molecule has 1 aliphatic rings. The first-order chi connectivity index (χ1) is 6.31. The number of benzene rings is 1. The lowest BCUT2D eigenvalue weighted by Gasteiger charge is -2.28. The van der Waals surface area contributed by atoms with Gasteiger partial charge in [0, 0.05) is 20.0 Å². The van der Waals surface area contributed by atoms with E-state index < -0.39 is 0 Å². The van der Waals surface area contributed by atoms with E-state index in [1.54, 1.807) is 7.11 Å². The van der Waals surface area contributed by atoms with Crippen LogP contribution in [-0.2, 0) is 17.6 Å². The molecule has 0 saturated carbocycles. The smallest absolute Gasteiger partial charge is 0.0873 e. The predicted molar refractivity (Wildman–Crippen MR) is 50.7 cm³/mol. The van der Waals surface area contributed by atoms with Gasteiger partial charge < -0.3 is 9.84 Å². The first-order valence-corrected chi connectivity index (χ1v) is 4.59. The molecule has 0 aromatic heterocycles. The van der Waals surface area contributed by atoms with Crippen LogP contribution in [0.15, 0.2) is 24.3 Å². The van der Waals surface area contributed by atoms with Crippen LogP contribution in [0.3, 0.4) is 0 Å². The van der Waals surface area contributed by atoms with Gasteiger partial charge in [-0.05, 0) is 11.1 Å². The Morgan fingerprint density at radius 3 is 2.46 bits per heavy atom. The average Bonchev–Trinajstić information content (AvgIpc) is 2.17. The maximum Gasteiger partial charge on any atom is 0.0873 e. The molecule has 0 heterocycles. The van der Waals surface area contributed by atoms with Crippen LogP contribution in [0.2, 0.25) is 0 Å². The van der Waals surface area contributed by atoms with Crippen molar-refractivity contribution in [3.8, 4) is 0 Å². The minimum Gasteiger partial charge on any atom is -0.390 e. The minimum atomic E-state index is -0.347. The van der Waals surface area contributed by atoms with E-state index in [0.29, 0.717) is 6.42 Å². The first kappa shape index (κ1) is 8.73. The number of aliphatic hydroxyl groups excluding tert-OH is 1. The number of rotatable bonds is 1. The highest BCUT2D eigenvalue weighted by Gasteiger charge is 2.25. The lowest BCUT2D eigenvalue weighted by Crippen LogP contribution is -2.36. The Kier molecular flexibility index (Phi) is 2.34. The summed E-state index contributed by atoms with van der Waals surface area (Å²) in [5.74, 6) is 0. The monoisotopic (exact) mass is 178 g/mol. The Labute approximate surface area is 78.2 Å². The van der Waals surface area contributed by atoms with Crippen molar-refractivity contribution in [2.24, 2.45) is 0 Å². The summed E-state index contributed by atoms with van der Waals surface area (Å²) in [4.78, 5) is 0. The molecule has 0 fully saturated rings. The van der Waals surface area contributed by atoms with Crippen molar-refractivity contribution in [2.75, 3.05) is 7.11 Å². The molecule has 0 bridgehead atoms. The maximum atomic E-state index is 9.69. The van der Waals surface area contributed by atoms with Crippen molar-refractivity contribution in [3.63, 3.8) is 0 Å². The van der Waals surface area contributed by atoms with Crippen LogP contribution in [0.4, 0.5) is 0 Å². The van der Waals surface area contributed by atoms with Gasteiger partial charge in [-0.15, -0.1) is 0 Å². The first-order valence-electron chi connectivity index (χ1n) is 4.59. The topological polar surface area (TPSA) is 29.5 Å². The lowest BCUT2D eigenvalue weighted by atomic mass is 9.88. The van der Waals surface area contributed by atoms with Gasteiger partial charge in [-0.3, -0.25) is 0 Å². The fourth-order valence-corrected chi connectivity index (χ4v) is 1.91. The minimum absolute atomic E-state index is 0.0325. The summed E-state index contributed by atoms with van der Waals surface area (Å²) in [6, 6.07) is 8.22. The van der Waals surface area contributed by atoms with Gasteiger partial charge >= 0.3 is 0 Å². The number of hydrogen-bond acceptors (Lipinski definition) is 2. The molecule has 0 aliphatic heterocycles. The standard InChI is InChI=1S/C11H14O2/c1-13-11-7-9-5-3-2-4-8(9)6-10(11)12/h2-5,10-12H,6-7H2,1H3/t10-,11-/m1/s1. The van der Waals surface area contributed by atoms with Gasteiger partial charge in [0.2, 0.25) is 0 Å². The van der Waals surface area contributed by atoms with E-state index in [1.807, 2.05) is 12.1 Å². The van der Waals surface area contributed by atoms with Gasteiger partial charge in [0.25, 0.3) is 0 Å². The highest BCUT2D eigenvalue weighted by atomic mass is 16.5. The highest BCUT2D eigenvalue weighted by Crippen LogP contribution is 2.22. The molecule has 2 nitrogen and oxygen atoms in total. The highest BCUT2D eigenvalue weighted by molar-refractivity contribution is 5.31. The van der Waals surface area contributed by atoms with Crippen LogP contribution in [0, 0.1) is 0 Å². The van der Waals surface area contributed by atoms with E-state index in [2.05, 4.69) is 12.1 Å². The molecule has 0 spiro atoms. The zero-order chi connectivity index (χ0) is 9.26. The van der Waals surface area contributed by atoms with E-state index in [-0.39, 0.29) is 12.2 Å². The SMILES string of the molecule is CO[C@@H]1Cc2ccccc2C[C@H]1O. The number of methoxy groups -OCH3 is 1. The zero-order valence-electron chi connectivity index (χ0n) is 7.73. The van der Waals surface area contributed by atoms with Crippen LogP contribution >= 0.6 is 0 Å². The summed E-state index contributed by atoms with van der Waals surface area (Å²) in [6.45, 7) is 0. The zero-order valence-corrected chi connectivity index (χ0v) is 7.73. The van der Waals surface area contributed by atoms with Gasteiger partial charge in [-0.2, -0.15) is 0 Å². The Balaban J connectivity index is 2.27. The van der Waals surface area contributed by atoms with Crippen molar-refractivity contribution >= 4 is 0 Å². The fraction of sp³-hybridized carbons (Fsp3) is 0.455. The van der Waals surface area contributed by atoms with Gasteiger partial charge in [0.1, 0.15) is 0 Å². The second kappa shape index (κ2) is 3.48. The van der Waals surface area contributed by atoms with Crippen LogP contribution in [0.5, 0.6) is 0 Å². The van der Waals surface area contributed by atoms with Crippen molar-refractivity contribution < 1.29 is 9.84 Å². The normalized spacial score (nSPS) is 26.9. The molecule has 2 heteroatoms. The molecule has 0 radical (unpaired) electrons. The summed E-state index contributed by atoms with van der Waals surface area (Å²) >= 11 is 0. The molecule has 0 unspecified atom stereocenters. The van der Waals surface area contributed by atoms with E-state index in [1.165, 1.54) is 11.1 Å². The van der Waals surface area contributed by atoms with Crippen LogP contribution in [0.1, 0.15) is 11.1 Å². The van der Waals surface area contributed by atoms with Crippen LogP contribution in [-0.4, -0.2) is 24.4 Å². The molecular formula is C11H14O2. The Bertz CT molecular complexity index is 296. The molecular weight excluding hydrogens is 164 g/mol. The predicted octanol–water partition coefficient (Wildman–Crippen LogP) is 1.16. The second-order valence-electron chi connectivity index (χ2n) is 3.52. The van der Waals surface area contributed by atoms with Gasteiger partial charge in [0.15, 0.2) is 0 Å². The van der Waals surface area contributed by atoms with Crippen molar-refractivity contribution in [1.82, 2.24) is 0 Å². The largest absolute Gasteiger partial charge is 0.390 e. The summed E-state index contributed by atoms with van der Waals surface area (Å²) in [7, 11) is 1.65. The lowest BCUT2D eigenvalue weighted by molar-refractivity contribution is -0.0161. The number of hydrogen-bond donors (Lipinski definition) is 1. The number of aliphatic hydroxyl groups is 1. The maximum absolute atomic E-state index is 9.69. The van der Waals surface area contributed by atoms with Gasteiger partial charge in [0.05, 0.1) is 12.2 Å². The third-order valence-electron chi connectivity index (χ3n) is 2.70. The number of ether oxygens (including phenoxy) is 1. The quantitative estimate of drug-likeness (QED) is 0.699. The molecule has 1 aromatic rings. The molecule has 1 aliphatic carbocycles. The molecule has 2 rings (SSSR count). The Morgan fingerprint density at radius 1 is 1.23 bits per heavy atom. The number of fused-ring (bicyclic) bond motifs is 1. The summed E-state index contributed by atoms with van der Waals surface area (Å²) in [5.41, 5.74) is 2.56. The third kappa shape index (κ3) is 1.60. The third-order valence-corrected chi connectivity index (χ3v) is 2.70. The van der Waals surface area contributed by atoms with Crippen LogP contribution in [0.25, 0.3) is 0 Å². The molecule has 1 N–H and O–H groups in total. The Morgan fingerprint density at radius 2 is 1.85 bits per heavy atom. The molecule has 0 saturated heterocycles. The molecule has 13 heavy (non-hydrogen) atoms.